The molecule has 0 amide bonds. The molecule has 0 saturated carbocycles. The molecule has 2 heteroatoms. The third-order valence-corrected chi connectivity index (χ3v) is 4.81. The van der Waals surface area contributed by atoms with Crippen LogP contribution < -0.4 is 5.32 Å². The largest absolute Gasteiger partial charge is 0.314 e. The predicted molar refractivity (Wildman–Crippen MR) is 91.7 cm³/mol. The van der Waals surface area contributed by atoms with Crippen molar-refractivity contribution in [2.24, 2.45) is 5.92 Å². The number of aryl methyl sites for hydroxylation is 1. The fourth-order valence-corrected chi connectivity index (χ4v) is 3.50. The lowest BCUT2D eigenvalue weighted by molar-refractivity contribution is 0.149. The van der Waals surface area contributed by atoms with Crippen LogP contribution >= 0.6 is 0 Å². The van der Waals surface area contributed by atoms with Gasteiger partial charge in [0.05, 0.1) is 0 Å². The molecular weight excluding hydrogens is 256 g/mol. The summed E-state index contributed by atoms with van der Waals surface area (Å²) in [6, 6.07) is 11.5. The van der Waals surface area contributed by atoms with E-state index in [4.69, 9.17) is 0 Å². The summed E-state index contributed by atoms with van der Waals surface area (Å²) in [4.78, 5) is 2.69. The number of nitrogens with zero attached hydrogens (tertiary/aromatic N) is 1. The van der Waals surface area contributed by atoms with Gasteiger partial charge in [0.15, 0.2) is 0 Å². The first-order valence-electron chi connectivity index (χ1n) is 8.79. The van der Waals surface area contributed by atoms with Crippen LogP contribution in [0, 0.1) is 5.92 Å². The molecule has 1 aromatic rings. The fourth-order valence-electron chi connectivity index (χ4n) is 3.50. The number of hydrogen-bond acceptors (Lipinski definition) is 2. The summed E-state index contributed by atoms with van der Waals surface area (Å²) in [6.45, 7) is 9.53. The molecule has 1 saturated heterocycles. The Morgan fingerprint density at radius 3 is 2.81 bits per heavy atom. The van der Waals surface area contributed by atoms with Crippen LogP contribution in [0.25, 0.3) is 0 Å². The Labute approximate surface area is 130 Å². The van der Waals surface area contributed by atoms with Gasteiger partial charge in [-0.05, 0) is 70.1 Å². The summed E-state index contributed by atoms with van der Waals surface area (Å²) in [5.74, 6) is 0.841. The highest BCUT2D eigenvalue weighted by Gasteiger charge is 2.23. The molecule has 1 fully saturated rings. The van der Waals surface area contributed by atoms with Gasteiger partial charge < -0.3 is 10.2 Å². The van der Waals surface area contributed by atoms with E-state index in [1.54, 1.807) is 0 Å². The smallest absolute Gasteiger partial charge is 0.00791 e. The molecule has 2 rings (SSSR count). The summed E-state index contributed by atoms with van der Waals surface area (Å²) in [5, 5.41) is 3.60. The van der Waals surface area contributed by atoms with Crippen LogP contribution in [0.3, 0.4) is 0 Å². The zero-order valence-corrected chi connectivity index (χ0v) is 13.9. The molecule has 2 nitrogen and oxygen atoms in total. The van der Waals surface area contributed by atoms with Crippen LogP contribution in [0.4, 0.5) is 0 Å². The van der Waals surface area contributed by atoms with Crippen molar-refractivity contribution in [3.05, 3.63) is 35.9 Å². The normalized spacial score (nSPS) is 21.3. The topological polar surface area (TPSA) is 15.3 Å². The maximum Gasteiger partial charge on any atom is 0.00791 e. The Bertz CT molecular complexity index is 376. The molecule has 0 radical (unpaired) electrons. The molecule has 0 aliphatic carbocycles. The van der Waals surface area contributed by atoms with Gasteiger partial charge >= 0.3 is 0 Å². The Hall–Kier alpha value is -0.860. The molecule has 2 unspecified atom stereocenters. The summed E-state index contributed by atoms with van der Waals surface area (Å²) in [6.07, 6.45) is 6.64. The predicted octanol–water partition coefficient (Wildman–Crippen LogP) is 3.72. The first-order chi connectivity index (χ1) is 10.3. The number of rotatable bonds is 8. The molecule has 1 heterocycles. The van der Waals surface area contributed by atoms with Gasteiger partial charge in [-0.1, -0.05) is 37.3 Å². The average Bonchev–Trinajstić information content (AvgIpc) is 2.53. The van der Waals surface area contributed by atoms with Crippen LogP contribution in [-0.2, 0) is 6.42 Å². The van der Waals surface area contributed by atoms with Crippen LogP contribution in [-0.4, -0.2) is 37.1 Å². The standard InChI is InChI=1S/C19H32N2/c1-3-20-17(2)19-13-9-15-21(16-19)14-8-7-12-18-10-5-4-6-11-18/h4-6,10-11,17,19-20H,3,7-9,12-16H2,1-2H3. The van der Waals surface area contributed by atoms with E-state index >= 15 is 0 Å². The third-order valence-electron chi connectivity index (χ3n) is 4.81. The molecular formula is C19H32N2. The van der Waals surface area contributed by atoms with Crippen molar-refractivity contribution in [1.82, 2.24) is 10.2 Å². The quantitative estimate of drug-likeness (QED) is 0.733. The van der Waals surface area contributed by atoms with E-state index in [1.165, 1.54) is 57.3 Å². The first kappa shape index (κ1) is 16.5. The highest BCUT2D eigenvalue weighted by Crippen LogP contribution is 2.20. The molecule has 1 aromatic carbocycles. The monoisotopic (exact) mass is 288 g/mol. The van der Waals surface area contributed by atoms with E-state index in [9.17, 15) is 0 Å². The van der Waals surface area contributed by atoms with Crippen LogP contribution in [0.2, 0.25) is 0 Å². The second kappa shape index (κ2) is 9.22. The van der Waals surface area contributed by atoms with Crippen molar-refractivity contribution in [1.29, 1.82) is 0 Å². The molecule has 0 spiro atoms. The minimum Gasteiger partial charge on any atom is -0.314 e. The van der Waals surface area contributed by atoms with E-state index < -0.39 is 0 Å². The number of benzene rings is 1. The van der Waals surface area contributed by atoms with Crippen molar-refractivity contribution in [3.8, 4) is 0 Å². The highest BCUT2D eigenvalue weighted by atomic mass is 15.1. The van der Waals surface area contributed by atoms with E-state index in [0.29, 0.717) is 6.04 Å². The summed E-state index contributed by atoms with van der Waals surface area (Å²) in [7, 11) is 0. The number of likely N-dealkylation sites (tertiary alicyclic amines) is 1. The van der Waals surface area contributed by atoms with E-state index in [0.717, 1.165) is 12.5 Å². The number of piperidine rings is 1. The zero-order chi connectivity index (χ0) is 14.9. The summed E-state index contributed by atoms with van der Waals surface area (Å²) < 4.78 is 0. The molecule has 2 atom stereocenters. The molecule has 0 aromatic heterocycles. The van der Waals surface area contributed by atoms with Crippen molar-refractivity contribution in [2.75, 3.05) is 26.2 Å². The molecule has 118 valence electrons. The number of nitrogens with one attached hydrogen (secondary N) is 1. The Balaban J connectivity index is 1.64. The third kappa shape index (κ3) is 5.80. The van der Waals surface area contributed by atoms with Crippen LogP contribution in [0.15, 0.2) is 30.3 Å². The van der Waals surface area contributed by atoms with Gasteiger partial charge in [0.1, 0.15) is 0 Å². The molecule has 1 aliphatic rings. The van der Waals surface area contributed by atoms with Crippen molar-refractivity contribution in [3.63, 3.8) is 0 Å². The fraction of sp³-hybridized carbons (Fsp3) is 0.684. The minimum absolute atomic E-state index is 0.669. The maximum atomic E-state index is 3.60. The minimum atomic E-state index is 0.669. The lowest BCUT2D eigenvalue weighted by Crippen LogP contribution is -2.44. The molecule has 21 heavy (non-hydrogen) atoms. The van der Waals surface area contributed by atoms with Crippen molar-refractivity contribution < 1.29 is 0 Å². The van der Waals surface area contributed by atoms with Crippen LogP contribution in [0.5, 0.6) is 0 Å². The van der Waals surface area contributed by atoms with Gasteiger partial charge in [-0.15, -0.1) is 0 Å². The second-order valence-corrected chi connectivity index (χ2v) is 6.49. The summed E-state index contributed by atoms with van der Waals surface area (Å²) >= 11 is 0. The SMILES string of the molecule is CCNC(C)C1CCCN(CCCCc2ccccc2)C1. The van der Waals surface area contributed by atoms with E-state index in [2.05, 4.69) is 54.4 Å². The molecule has 1 N–H and O–H groups in total. The van der Waals surface area contributed by atoms with Gasteiger partial charge in [-0.3, -0.25) is 0 Å². The Kier molecular flexibility index (Phi) is 7.25. The summed E-state index contributed by atoms with van der Waals surface area (Å²) in [5.41, 5.74) is 1.48. The first-order valence-corrected chi connectivity index (χ1v) is 8.79. The maximum absolute atomic E-state index is 3.60. The molecule has 1 aliphatic heterocycles. The Morgan fingerprint density at radius 2 is 2.05 bits per heavy atom. The van der Waals surface area contributed by atoms with Crippen LogP contribution in [0.1, 0.15) is 45.1 Å². The van der Waals surface area contributed by atoms with Crippen molar-refractivity contribution >= 4 is 0 Å². The Morgan fingerprint density at radius 1 is 1.24 bits per heavy atom. The van der Waals surface area contributed by atoms with Gasteiger partial charge in [0, 0.05) is 12.6 Å². The van der Waals surface area contributed by atoms with E-state index in [-0.39, 0.29) is 0 Å². The van der Waals surface area contributed by atoms with Gasteiger partial charge in [0.2, 0.25) is 0 Å². The van der Waals surface area contributed by atoms with Gasteiger partial charge in [0.25, 0.3) is 0 Å². The van der Waals surface area contributed by atoms with Crippen molar-refractivity contribution in [2.45, 2.75) is 52.0 Å². The lowest BCUT2D eigenvalue weighted by atomic mass is 9.91. The van der Waals surface area contributed by atoms with E-state index in [1.807, 2.05) is 0 Å². The zero-order valence-electron chi connectivity index (χ0n) is 13.9. The average molecular weight is 288 g/mol. The highest BCUT2D eigenvalue weighted by molar-refractivity contribution is 5.14. The number of unbranched alkanes of at least 4 members (excludes halogenated alkanes) is 1. The van der Waals surface area contributed by atoms with Gasteiger partial charge in [-0.25, -0.2) is 0 Å². The van der Waals surface area contributed by atoms with Gasteiger partial charge in [-0.2, -0.15) is 0 Å². The lowest BCUT2D eigenvalue weighted by Gasteiger charge is -2.36. The molecule has 0 bridgehead atoms. The second-order valence-electron chi connectivity index (χ2n) is 6.49. The number of hydrogen-bond donors (Lipinski definition) is 1.